The minimum atomic E-state index is -0.551. The summed E-state index contributed by atoms with van der Waals surface area (Å²) < 4.78 is 12.9. The van der Waals surface area contributed by atoms with Crippen molar-refractivity contribution in [1.82, 2.24) is 0 Å². The van der Waals surface area contributed by atoms with Crippen molar-refractivity contribution in [2.75, 3.05) is 0 Å². The van der Waals surface area contributed by atoms with Crippen molar-refractivity contribution in [2.45, 2.75) is 19.3 Å². The lowest BCUT2D eigenvalue weighted by molar-refractivity contribution is 0.0979. The molecule has 0 fully saturated rings. The molecule has 0 aliphatic heterocycles. The maximum absolute atomic E-state index is 12.9. The number of nitriles is 1. The molecule has 2 aromatic carbocycles. The molecule has 1 atom stereocenters. The zero-order chi connectivity index (χ0) is 14.5. The lowest BCUT2D eigenvalue weighted by Gasteiger charge is -2.09. The summed E-state index contributed by atoms with van der Waals surface area (Å²) in [5.41, 5.74) is 2.34. The highest BCUT2D eigenvalue weighted by molar-refractivity contribution is 5.96. The van der Waals surface area contributed by atoms with E-state index in [4.69, 9.17) is 0 Å². The van der Waals surface area contributed by atoms with Gasteiger partial charge in [0.05, 0.1) is 12.0 Å². The molecule has 100 valence electrons. The summed E-state index contributed by atoms with van der Waals surface area (Å²) in [7, 11) is 0. The first-order valence-electron chi connectivity index (χ1n) is 6.35. The molecule has 1 unspecified atom stereocenters. The third-order valence-corrected chi connectivity index (χ3v) is 3.19. The zero-order valence-corrected chi connectivity index (χ0v) is 11.1. The van der Waals surface area contributed by atoms with E-state index in [2.05, 4.69) is 6.07 Å². The van der Waals surface area contributed by atoms with Crippen LogP contribution in [0.3, 0.4) is 0 Å². The minimum absolute atomic E-state index is 0.0825. The fourth-order valence-corrected chi connectivity index (χ4v) is 1.98. The van der Waals surface area contributed by atoms with Gasteiger partial charge in [-0.1, -0.05) is 42.0 Å². The zero-order valence-electron chi connectivity index (χ0n) is 11.1. The molecule has 0 saturated carbocycles. The molecule has 0 radical (unpaired) electrons. The Hall–Kier alpha value is -2.47. The van der Waals surface area contributed by atoms with E-state index in [9.17, 15) is 14.4 Å². The molecule has 2 aromatic rings. The predicted molar refractivity (Wildman–Crippen MR) is 74.9 cm³/mol. The first-order valence-corrected chi connectivity index (χ1v) is 6.35. The molecule has 0 N–H and O–H groups in total. The number of Topliss-reactive ketones (excluding diaryl/α,β-unsaturated/α-hetero) is 1. The number of rotatable bonds is 4. The Balaban J connectivity index is 2.14. The fourth-order valence-electron chi connectivity index (χ4n) is 1.98. The highest BCUT2D eigenvalue weighted by Gasteiger charge is 2.16. The number of benzene rings is 2. The van der Waals surface area contributed by atoms with E-state index in [1.807, 2.05) is 19.1 Å². The SMILES string of the molecule is Cc1ccc(C(=O)CC(C#N)c2ccc(F)cc2)cc1. The first kappa shape index (κ1) is 14.0. The molecule has 0 saturated heterocycles. The van der Waals surface area contributed by atoms with Gasteiger partial charge in [-0.25, -0.2) is 4.39 Å². The van der Waals surface area contributed by atoms with Crippen LogP contribution in [0, 0.1) is 24.1 Å². The normalized spacial score (nSPS) is 11.7. The van der Waals surface area contributed by atoms with E-state index in [0.29, 0.717) is 11.1 Å². The number of hydrogen-bond donors (Lipinski definition) is 0. The standard InChI is InChI=1S/C17H14FNO/c1-12-2-4-14(5-3-12)17(20)10-15(11-19)13-6-8-16(18)9-7-13/h2-9,15H,10H2,1H3. The number of halogens is 1. The highest BCUT2D eigenvalue weighted by Crippen LogP contribution is 2.21. The third kappa shape index (κ3) is 3.30. The van der Waals surface area contributed by atoms with Crippen molar-refractivity contribution in [2.24, 2.45) is 0 Å². The smallest absolute Gasteiger partial charge is 0.164 e. The second kappa shape index (κ2) is 6.12. The Morgan fingerprint density at radius 1 is 1.15 bits per heavy atom. The maximum Gasteiger partial charge on any atom is 0.164 e. The van der Waals surface area contributed by atoms with Crippen LogP contribution in [0.2, 0.25) is 0 Å². The van der Waals surface area contributed by atoms with Crippen molar-refractivity contribution in [3.8, 4) is 6.07 Å². The number of ketones is 1. The van der Waals surface area contributed by atoms with Gasteiger partial charge in [-0.15, -0.1) is 0 Å². The van der Waals surface area contributed by atoms with Crippen LogP contribution in [0.15, 0.2) is 48.5 Å². The molecule has 2 rings (SSSR count). The van der Waals surface area contributed by atoms with Crippen molar-refractivity contribution < 1.29 is 9.18 Å². The summed E-state index contributed by atoms with van der Waals surface area (Å²) >= 11 is 0. The molecular formula is C17H14FNO. The number of carbonyl (C=O) groups is 1. The van der Waals surface area contributed by atoms with E-state index in [-0.39, 0.29) is 18.0 Å². The van der Waals surface area contributed by atoms with Crippen LogP contribution in [0.25, 0.3) is 0 Å². The summed E-state index contributed by atoms with van der Waals surface area (Å²) in [6.07, 6.45) is 0.102. The van der Waals surface area contributed by atoms with Gasteiger partial charge in [-0.05, 0) is 24.6 Å². The van der Waals surface area contributed by atoms with Crippen molar-refractivity contribution >= 4 is 5.78 Å². The molecule has 0 aliphatic rings. The summed E-state index contributed by atoms with van der Waals surface area (Å²) in [4.78, 5) is 12.1. The predicted octanol–water partition coefficient (Wildman–Crippen LogP) is 4.01. The van der Waals surface area contributed by atoms with Gasteiger partial charge in [-0.2, -0.15) is 5.26 Å². The van der Waals surface area contributed by atoms with Crippen LogP contribution in [0.5, 0.6) is 0 Å². The number of nitrogens with zero attached hydrogens (tertiary/aromatic N) is 1. The van der Waals surface area contributed by atoms with Crippen LogP contribution < -0.4 is 0 Å². The van der Waals surface area contributed by atoms with Crippen molar-refractivity contribution in [3.63, 3.8) is 0 Å². The van der Waals surface area contributed by atoms with Gasteiger partial charge in [0.25, 0.3) is 0 Å². The molecule has 0 amide bonds. The molecule has 0 heterocycles. The lowest BCUT2D eigenvalue weighted by atomic mass is 9.92. The van der Waals surface area contributed by atoms with Gasteiger partial charge in [0.1, 0.15) is 5.82 Å². The van der Waals surface area contributed by atoms with Crippen LogP contribution in [0.1, 0.15) is 33.8 Å². The van der Waals surface area contributed by atoms with Crippen molar-refractivity contribution in [1.29, 1.82) is 5.26 Å². The van der Waals surface area contributed by atoms with Gasteiger partial charge >= 0.3 is 0 Å². The van der Waals surface area contributed by atoms with Gasteiger partial charge in [0, 0.05) is 12.0 Å². The largest absolute Gasteiger partial charge is 0.294 e. The van der Waals surface area contributed by atoms with Crippen LogP contribution in [-0.4, -0.2) is 5.78 Å². The Labute approximate surface area is 117 Å². The number of aryl methyl sites for hydroxylation is 1. The Kier molecular flexibility index (Phi) is 4.27. The summed E-state index contributed by atoms with van der Waals surface area (Å²) in [6.45, 7) is 1.95. The monoisotopic (exact) mass is 267 g/mol. The summed E-state index contributed by atoms with van der Waals surface area (Å²) in [6, 6.07) is 15.1. The number of carbonyl (C=O) groups excluding carboxylic acids is 1. The van der Waals surface area contributed by atoms with E-state index in [0.717, 1.165) is 5.56 Å². The fraction of sp³-hybridized carbons (Fsp3) is 0.176. The molecule has 20 heavy (non-hydrogen) atoms. The molecular weight excluding hydrogens is 253 g/mol. The van der Waals surface area contributed by atoms with E-state index in [1.54, 1.807) is 24.3 Å². The average molecular weight is 267 g/mol. The second-order valence-electron chi connectivity index (χ2n) is 4.73. The third-order valence-electron chi connectivity index (χ3n) is 3.19. The van der Waals surface area contributed by atoms with Crippen LogP contribution in [-0.2, 0) is 0 Å². The lowest BCUT2D eigenvalue weighted by Crippen LogP contribution is -2.06. The maximum atomic E-state index is 12.9. The first-order chi connectivity index (χ1) is 9.60. The molecule has 3 heteroatoms. The van der Waals surface area contributed by atoms with E-state index >= 15 is 0 Å². The molecule has 0 aromatic heterocycles. The topological polar surface area (TPSA) is 40.9 Å². The summed E-state index contributed by atoms with van der Waals surface area (Å²) in [5, 5.41) is 9.19. The van der Waals surface area contributed by atoms with Crippen molar-refractivity contribution in [3.05, 3.63) is 71.0 Å². The Morgan fingerprint density at radius 2 is 1.75 bits per heavy atom. The van der Waals surface area contributed by atoms with Gasteiger partial charge < -0.3 is 0 Å². The molecule has 2 nitrogen and oxygen atoms in total. The van der Waals surface area contributed by atoms with Gasteiger partial charge in [0.15, 0.2) is 5.78 Å². The summed E-state index contributed by atoms with van der Waals surface area (Å²) in [5.74, 6) is -0.986. The van der Waals surface area contributed by atoms with Gasteiger partial charge in [0.2, 0.25) is 0 Å². The van der Waals surface area contributed by atoms with E-state index in [1.165, 1.54) is 12.1 Å². The molecule has 0 aliphatic carbocycles. The Bertz CT molecular complexity index is 638. The van der Waals surface area contributed by atoms with Crippen LogP contribution in [0.4, 0.5) is 4.39 Å². The molecule has 0 spiro atoms. The highest BCUT2D eigenvalue weighted by atomic mass is 19.1. The van der Waals surface area contributed by atoms with E-state index < -0.39 is 5.92 Å². The second-order valence-corrected chi connectivity index (χ2v) is 4.73. The Morgan fingerprint density at radius 3 is 2.30 bits per heavy atom. The van der Waals surface area contributed by atoms with Gasteiger partial charge in [-0.3, -0.25) is 4.79 Å². The molecule has 0 bridgehead atoms. The minimum Gasteiger partial charge on any atom is -0.294 e. The van der Waals surface area contributed by atoms with Crippen LogP contribution >= 0.6 is 0 Å². The quantitative estimate of drug-likeness (QED) is 0.785. The number of hydrogen-bond acceptors (Lipinski definition) is 2. The average Bonchev–Trinajstić information content (AvgIpc) is 2.46.